The van der Waals surface area contributed by atoms with Crippen molar-refractivity contribution in [2.75, 3.05) is 57.1 Å². The van der Waals surface area contributed by atoms with Crippen LogP contribution in [0.1, 0.15) is 0 Å². The molecule has 0 amide bonds. The second kappa shape index (κ2) is 7.25. The summed E-state index contributed by atoms with van der Waals surface area (Å²) in [4.78, 5) is 6.66. The first kappa shape index (κ1) is 18.7. The molecule has 7 heteroatoms. The van der Waals surface area contributed by atoms with E-state index in [2.05, 4.69) is 16.8 Å². The second-order valence-electron chi connectivity index (χ2n) is 6.79. The number of rotatable bonds is 4. The van der Waals surface area contributed by atoms with Crippen LogP contribution in [0.5, 0.6) is 0 Å². The summed E-state index contributed by atoms with van der Waals surface area (Å²) < 4.78 is 39.2. The van der Waals surface area contributed by atoms with Gasteiger partial charge >= 0.3 is 0 Å². The van der Waals surface area contributed by atoms with E-state index in [1.165, 1.54) is 24.3 Å². The molecule has 0 aromatic heterocycles. The number of halogens is 1. The number of anilines is 2. The molecule has 1 aliphatic heterocycles. The van der Waals surface area contributed by atoms with Crippen LogP contribution in [-0.4, -0.2) is 60.6 Å². The first-order chi connectivity index (χ1) is 12.3. The van der Waals surface area contributed by atoms with Gasteiger partial charge in [-0.3, -0.25) is 0 Å². The minimum atomic E-state index is -3.72. The zero-order valence-electron chi connectivity index (χ0n) is 15.3. The van der Waals surface area contributed by atoms with Gasteiger partial charge in [-0.2, -0.15) is 0 Å². The SMILES string of the molecule is CN1CCN(c2ccc(S(=O)(=O)c3ccc(F)cc3)c(N(C)C)c2)CC1. The van der Waals surface area contributed by atoms with Crippen molar-refractivity contribution in [2.24, 2.45) is 0 Å². The molecule has 1 heterocycles. The molecule has 0 unspecified atom stereocenters. The lowest BCUT2D eigenvalue weighted by Crippen LogP contribution is -2.44. The fourth-order valence-corrected chi connectivity index (χ4v) is 4.60. The fraction of sp³-hybridized carbons (Fsp3) is 0.368. The summed E-state index contributed by atoms with van der Waals surface area (Å²) in [6.45, 7) is 3.78. The van der Waals surface area contributed by atoms with E-state index in [-0.39, 0.29) is 9.79 Å². The van der Waals surface area contributed by atoms with E-state index in [1.54, 1.807) is 11.0 Å². The quantitative estimate of drug-likeness (QED) is 0.766. The Morgan fingerprint density at radius 1 is 0.962 bits per heavy atom. The predicted octanol–water partition coefficient (Wildman–Crippen LogP) is 2.48. The molecule has 2 aromatic carbocycles. The molecule has 0 spiro atoms. The molecular formula is C19H24FN3O2S. The molecule has 3 rings (SSSR count). The number of piperazine rings is 1. The van der Waals surface area contributed by atoms with Crippen LogP contribution in [0.3, 0.4) is 0 Å². The van der Waals surface area contributed by atoms with Crippen molar-refractivity contribution in [3.63, 3.8) is 0 Å². The van der Waals surface area contributed by atoms with Crippen molar-refractivity contribution in [2.45, 2.75) is 9.79 Å². The van der Waals surface area contributed by atoms with E-state index >= 15 is 0 Å². The van der Waals surface area contributed by atoms with Crippen LogP contribution >= 0.6 is 0 Å². The summed E-state index contributed by atoms with van der Waals surface area (Å²) in [7, 11) is 2.03. The topological polar surface area (TPSA) is 43.9 Å². The second-order valence-corrected chi connectivity index (χ2v) is 8.71. The van der Waals surface area contributed by atoms with Crippen LogP contribution in [0.2, 0.25) is 0 Å². The molecular weight excluding hydrogens is 353 g/mol. The molecule has 1 aliphatic rings. The Bertz CT molecular complexity index is 874. The average Bonchev–Trinajstić information content (AvgIpc) is 2.62. The Balaban J connectivity index is 2.00. The zero-order valence-corrected chi connectivity index (χ0v) is 16.1. The number of hydrogen-bond donors (Lipinski definition) is 0. The molecule has 0 atom stereocenters. The molecule has 0 aliphatic carbocycles. The largest absolute Gasteiger partial charge is 0.377 e. The van der Waals surface area contributed by atoms with E-state index in [9.17, 15) is 12.8 Å². The van der Waals surface area contributed by atoms with E-state index < -0.39 is 15.7 Å². The lowest BCUT2D eigenvalue weighted by Gasteiger charge is -2.34. The van der Waals surface area contributed by atoms with Crippen molar-refractivity contribution >= 4 is 21.2 Å². The number of benzene rings is 2. The summed E-state index contributed by atoms with van der Waals surface area (Å²) >= 11 is 0. The van der Waals surface area contributed by atoms with Crippen LogP contribution in [0.15, 0.2) is 52.3 Å². The highest BCUT2D eigenvalue weighted by atomic mass is 32.2. The van der Waals surface area contributed by atoms with Crippen LogP contribution in [0, 0.1) is 5.82 Å². The van der Waals surface area contributed by atoms with Crippen molar-refractivity contribution in [1.29, 1.82) is 0 Å². The third-order valence-electron chi connectivity index (χ3n) is 4.71. The Morgan fingerprint density at radius 3 is 2.15 bits per heavy atom. The van der Waals surface area contributed by atoms with E-state index in [1.807, 2.05) is 26.2 Å². The monoisotopic (exact) mass is 377 g/mol. The smallest absolute Gasteiger partial charge is 0.208 e. The van der Waals surface area contributed by atoms with Gasteiger partial charge in [0.15, 0.2) is 0 Å². The highest BCUT2D eigenvalue weighted by molar-refractivity contribution is 7.91. The average molecular weight is 377 g/mol. The Kier molecular flexibility index (Phi) is 5.20. The highest BCUT2D eigenvalue weighted by Gasteiger charge is 2.24. The van der Waals surface area contributed by atoms with Crippen molar-refractivity contribution in [3.8, 4) is 0 Å². The summed E-state index contributed by atoms with van der Waals surface area (Å²) in [5.74, 6) is -0.456. The van der Waals surface area contributed by atoms with Crippen molar-refractivity contribution in [3.05, 3.63) is 48.3 Å². The lowest BCUT2D eigenvalue weighted by atomic mass is 10.2. The number of hydrogen-bond acceptors (Lipinski definition) is 5. The molecule has 1 fully saturated rings. The lowest BCUT2D eigenvalue weighted by molar-refractivity contribution is 0.313. The molecule has 26 heavy (non-hydrogen) atoms. The first-order valence-corrected chi connectivity index (χ1v) is 10.0. The molecule has 5 nitrogen and oxygen atoms in total. The highest BCUT2D eigenvalue weighted by Crippen LogP contribution is 2.33. The summed E-state index contributed by atoms with van der Waals surface area (Å²) in [5.41, 5.74) is 1.64. The van der Waals surface area contributed by atoms with Gasteiger partial charge in [-0.25, -0.2) is 12.8 Å². The Morgan fingerprint density at radius 2 is 1.58 bits per heavy atom. The standard InChI is InChI=1S/C19H24FN3O2S/c1-21(2)18-14-16(23-12-10-22(3)11-13-23)6-9-19(18)26(24,25)17-7-4-15(20)5-8-17/h4-9,14H,10-13H2,1-3H3. The Hall–Kier alpha value is -2.12. The van der Waals surface area contributed by atoms with Gasteiger partial charge in [0, 0.05) is 46.0 Å². The maximum Gasteiger partial charge on any atom is 0.208 e. The van der Waals surface area contributed by atoms with Crippen LogP contribution in [0.25, 0.3) is 0 Å². The molecule has 0 radical (unpaired) electrons. The molecule has 140 valence electrons. The summed E-state index contributed by atoms with van der Waals surface area (Å²) in [6, 6.07) is 10.4. The van der Waals surface area contributed by atoms with Gasteiger partial charge < -0.3 is 14.7 Å². The first-order valence-electron chi connectivity index (χ1n) is 8.54. The maximum absolute atomic E-state index is 13.2. The van der Waals surface area contributed by atoms with Gasteiger partial charge in [0.2, 0.25) is 9.84 Å². The van der Waals surface area contributed by atoms with Crippen LogP contribution in [-0.2, 0) is 9.84 Å². The summed E-state index contributed by atoms with van der Waals surface area (Å²) in [5, 5.41) is 0. The van der Waals surface area contributed by atoms with Crippen molar-refractivity contribution < 1.29 is 12.8 Å². The maximum atomic E-state index is 13.2. The minimum Gasteiger partial charge on any atom is -0.377 e. The number of nitrogens with zero attached hydrogens (tertiary/aromatic N) is 3. The molecule has 1 saturated heterocycles. The van der Waals surface area contributed by atoms with E-state index in [0.717, 1.165) is 31.9 Å². The molecule has 0 saturated carbocycles. The molecule has 0 N–H and O–H groups in total. The normalized spacial score (nSPS) is 15.9. The third kappa shape index (κ3) is 3.68. The summed E-state index contributed by atoms with van der Waals surface area (Å²) in [6.07, 6.45) is 0. The fourth-order valence-electron chi connectivity index (χ4n) is 3.08. The van der Waals surface area contributed by atoms with E-state index in [4.69, 9.17) is 0 Å². The van der Waals surface area contributed by atoms with Gasteiger partial charge in [0.25, 0.3) is 0 Å². The molecule has 0 bridgehead atoms. The van der Waals surface area contributed by atoms with Crippen molar-refractivity contribution in [1.82, 2.24) is 4.90 Å². The van der Waals surface area contributed by atoms with Crippen LogP contribution < -0.4 is 9.80 Å². The van der Waals surface area contributed by atoms with Gasteiger partial charge in [-0.05, 0) is 49.5 Å². The van der Waals surface area contributed by atoms with Gasteiger partial charge in [0.05, 0.1) is 15.5 Å². The van der Waals surface area contributed by atoms with Gasteiger partial charge in [-0.1, -0.05) is 0 Å². The number of sulfone groups is 1. The van der Waals surface area contributed by atoms with Gasteiger partial charge in [-0.15, -0.1) is 0 Å². The van der Waals surface area contributed by atoms with Crippen LogP contribution in [0.4, 0.5) is 15.8 Å². The predicted molar refractivity (Wildman–Crippen MR) is 102 cm³/mol. The third-order valence-corrected chi connectivity index (χ3v) is 6.52. The number of likely N-dealkylation sites (N-methyl/N-ethyl adjacent to an activating group) is 1. The minimum absolute atomic E-state index is 0.0920. The zero-order chi connectivity index (χ0) is 18.9. The Labute approximate surface area is 154 Å². The van der Waals surface area contributed by atoms with E-state index in [0.29, 0.717) is 5.69 Å². The van der Waals surface area contributed by atoms with Gasteiger partial charge in [0.1, 0.15) is 5.82 Å². The molecule has 2 aromatic rings.